The van der Waals surface area contributed by atoms with Crippen molar-refractivity contribution in [1.82, 2.24) is 25.2 Å². The van der Waals surface area contributed by atoms with E-state index in [4.69, 9.17) is 0 Å². The molecule has 3 rings (SSSR count). The first kappa shape index (κ1) is 14.0. The molecule has 5 nitrogen and oxygen atoms in total. The van der Waals surface area contributed by atoms with Crippen molar-refractivity contribution in [2.24, 2.45) is 7.05 Å². The monoisotopic (exact) mass is 277 g/mol. The highest BCUT2D eigenvalue weighted by atomic mass is 15.4. The summed E-state index contributed by atoms with van der Waals surface area (Å²) in [5.74, 6) is 0. The maximum absolute atomic E-state index is 4.26. The molecule has 1 saturated carbocycles. The second-order valence-electron chi connectivity index (χ2n) is 6.57. The number of aromatic nitrogens is 3. The van der Waals surface area contributed by atoms with Crippen molar-refractivity contribution in [2.45, 2.75) is 63.6 Å². The summed E-state index contributed by atoms with van der Waals surface area (Å²) in [5.41, 5.74) is 1.46. The van der Waals surface area contributed by atoms with Crippen molar-refractivity contribution in [3.8, 4) is 0 Å². The van der Waals surface area contributed by atoms with Gasteiger partial charge in [0.15, 0.2) is 0 Å². The fraction of sp³-hybridized carbons (Fsp3) is 0.867. The summed E-state index contributed by atoms with van der Waals surface area (Å²) >= 11 is 0. The summed E-state index contributed by atoms with van der Waals surface area (Å²) in [6.45, 7) is 5.52. The standard InChI is InChI=1S/C15H27N5/c1-3-14-9-16-15(7-5-4-6-8-15)12-20(14)11-13-10-19(2)18-17-13/h10,14,16H,3-9,11-12H2,1-2H3. The minimum atomic E-state index is 0.367. The Balaban J connectivity index is 1.71. The van der Waals surface area contributed by atoms with Crippen molar-refractivity contribution in [2.75, 3.05) is 13.1 Å². The van der Waals surface area contributed by atoms with Gasteiger partial charge in [-0.25, -0.2) is 0 Å². The summed E-state index contributed by atoms with van der Waals surface area (Å²) in [5, 5.41) is 12.2. The van der Waals surface area contributed by atoms with Crippen LogP contribution in [0.15, 0.2) is 6.20 Å². The van der Waals surface area contributed by atoms with Gasteiger partial charge in [-0.1, -0.05) is 31.4 Å². The summed E-state index contributed by atoms with van der Waals surface area (Å²) in [4.78, 5) is 2.63. The number of hydrogen-bond acceptors (Lipinski definition) is 4. The van der Waals surface area contributed by atoms with Gasteiger partial charge in [0.1, 0.15) is 0 Å². The van der Waals surface area contributed by atoms with E-state index in [-0.39, 0.29) is 0 Å². The Morgan fingerprint density at radius 1 is 1.35 bits per heavy atom. The molecule has 0 aromatic carbocycles. The van der Waals surface area contributed by atoms with Gasteiger partial charge in [0.05, 0.1) is 5.69 Å². The number of aryl methyl sites for hydroxylation is 1. The largest absolute Gasteiger partial charge is 0.308 e. The highest BCUT2D eigenvalue weighted by Crippen LogP contribution is 2.32. The molecule has 1 unspecified atom stereocenters. The van der Waals surface area contributed by atoms with Crippen LogP contribution in [0.3, 0.4) is 0 Å². The molecule has 1 spiro atoms. The first-order valence-corrected chi connectivity index (χ1v) is 8.05. The van der Waals surface area contributed by atoms with Crippen molar-refractivity contribution in [1.29, 1.82) is 0 Å². The zero-order chi connectivity index (χ0) is 14.0. The van der Waals surface area contributed by atoms with Gasteiger partial charge in [0, 0.05) is 44.5 Å². The summed E-state index contributed by atoms with van der Waals surface area (Å²) < 4.78 is 1.80. The van der Waals surface area contributed by atoms with Gasteiger partial charge in [0.25, 0.3) is 0 Å². The number of piperazine rings is 1. The molecule has 1 aromatic rings. The third-order valence-electron chi connectivity index (χ3n) is 5.03. The lowest BCUT2D eigenvalue weighted by Gasteiger charge is -2.49. The minimum Gasteiger partial charge on any atom is -0.308 e. The van der Waals surface area contributed by atoms with Crippen molar-refractivity contribution < 1.29 is 0 Å². The molecule has 0 bridgehead atoms. The molecule has 1 N–H and O–H groups in total. The maximum Gasteiger partial charge on any atom is 0.0967 e. The van der Waals surface area contributed by atoms with E-state index in [1.807, 2.05) is 13.2 Å². The van der Waals surface area contributed by atoms with E-state index in [0.29, 0.717) is 11.6 Å². The number of rotatable bonds is 3. The van der Waals surface area contributed by atoms with E-state index in [1.54, 1.807) is 4.68 Å². The lowest BCUT2D eigenvalue weighted by molar-refractivity contribution is 0.0475. The first-order valence-electron chi connectivity index (χ1n) is 8.05. The predicted molar refractivity (Wildman–Crippen MR) is 79.3 cm³/mol. The van der Waals surface area contributed by atoms with Crippen LogP contribution >= 0.6 is 0 Å². The van der Waals surface area contributed by atoms with Crippen LogP contribution in [-0.2, 0) is 13.6 Å². The Hall–Kier alpha value is -0.940. The molecular formula is C15H27N5. The van der Waals surface area contributed by atoms with Crippen LogP contribution in [0.1, 0.15) is 51.1 Å². The molecule has 2 aliphatic rings. The average molecular weight is 277 g/mol. The highest BCUT2D eigenvalue weighted by Gasteiger charge is 2.39. The molecule has 5 heteroatoms. The Morgan fingerprint density at radius 2 is 2.15 bits per heavy atom. The number of nitrogens with one attached hydrogen (secondary N) is 1. The fourth-order valence-corrected chi connectivity index (χ4v) is 3.86. The lowest BCUT2D eigenvalue weighted by atomic mass is 9.79. The molecule has 0 radical (unpaired) electrons. The Kier molecular flexibility index (Phi) is 4.08. The Morgan fingerprint density at radius 3 is 2.80 bits per heavy atom. The lowest BCUT2D eigenvalue weighted by Crippen LogP contribution is -2.64. The van der Waals surface area contributed by atoms with Crippen LogP contribution in [-0.4, -0.2) is 44.6 Å². The molecule has 1 saturated heterocycles. The summed E-state index contributed by atoms with van der Waals surface area (Å²) in [7, 11) is 1.94. The quantitative estimate of drug-likeness (QED) is 0.913. The highest BCUT2D eigenvalue weighted by molar-refractivity contribution is 5.02. The number of hydrogen-bond donors (Lipinski definition) is 1. The molecule has 1 aromatic heterocycles. The van der Waals surface area contributed by atoms with E-state index in [2.05, 4.69) is 27.5 Å². The van der Waals surface area contributed by atoms with Gasteiger partial charge in [-0.15, -0.1) is 5.10 Å². The molecule has 112 valence electrons. The molecule has 1 atom stereocenters. The van der Waals surface area contributed by atoms with Gasteiger partial charge in [0.2, 0.25) is 0 Å². The van der Waals surface area contributed by atoms with Crippen LogP contribution in [0.4, 0.5) is 0 Å². The van der Waals surface area contributed by atoms with E-state index < -0.39 is 0 Å². The topological polar surface area (TPSA) is 46.0 Å². The summed E-state index contributed by atoms with van der Waals surface area (Å²) in [6, 6.07) is 0.629. The predicted octanol–water partition coefficient (Wildman–Crippen LogP) is 1.70. The van der Waals surface area contributed by atoms with Crippen molar-refractivity contribution in [3.05, 3.63) is 11.9 Å². The third-order valence-corrected chi connectivity index (χ3v) is 5.03. The molecule has 20 heavy (non-hydrogen) atoms. The van der Waals surface area contributed by atoms with Crippen LogP contribution in [0.5, 0.6) is 0 Å². The van der Waals surface area contributed by atoms with Crippen LogP contribution in [0.25, 0.3) is 0 Å². The van der Waals surface area contributed by atoms with Gasteiger partial charge < -0.3 is 5.32 Å². The van der Waals surface area contributed by atoms with Gasteiger partial charge in [-0.3, -0.25) is 9.58 Å². The van der Waals surface area contributed by atoms with E-state index >= 15 is 0 Å². The molecular weight excluding hydrogens is 250 g/mol. The minimum absolute atomic E-state index is 0.367. The van der Waals surface area contributed by atoms with Crippen LogP contribution in [0, 0.1) is 0 Å². The molecule has 1 aliphatic heterocycles. The normalized spacial score (nSPS) is 27.0. The van der Waals surface area contributed by atoms with E-state index in [0.717, 1.165) is 18.8 Å². The van der Waals surface area contributed by atoms with E-state index in [1.165, 1.54) is 45.1 Å². The van der Waals surface area contributed by atoms with Crippen molar-refractivity contribution >= 4 is 0 Å². The second kappa shape index (κ2) is 5.82. The van der Waals surface area contributed by atoms with Crippen molar-refractivity contribution in [3.63, 3.8) is 0 Å². The van der Waals surface area contributed by atoms with Crippen LogP contribution < -0.4 is 5.32 Å². The van der Waals surface area contributed by atoms with E-state index in [9.17, 15) is 0 Å². The van der Waals surface area contributed by atoms with Gasteiger partial charge in [-0.05, 0) is 19.3 Å². The Bertz CT molecular complexity index is 435. The van der Waals surface area contributed by atoms with Crippen LogP contribution in [0.2, 0.25) is 0 Å². The average Bonchev–Trinajstić information content (AvgIpc) is 2.85. The molecule has 1 aliphatic carbocycles. The first-order chi connectivity index (χ1) is 9.71. The second-order valence-corrected chi connectivity index (χ2v) is 6.57. The zero-order valence-electron chi connectivity index (χ0n) is 12.8. The smallest absolute Gasteiger partial charge is 0.0967 e. The van der Waals surface area contributed by atoms with Gasteiger partial charge >= 0.3 is 0 Å². The SMILES string of the molecule is CCC1CNC2(CCCCC2)CN1Cc1cn(C)nn1. The maximum atomic E-state index is 4.26. The zero-order valence-corrected chi connectivity index (χ0v) is 12.8. The molecule has 0 amide bonds. The fourth-order valence-electron chi connectivity index (χ4n) is 3.86. The van der Waals surface area contributed by atoms with Gasteiger partial charge in [-0.2, -0.15) is 0 Å². The molecule has 2 heterocycles. The number of nitrogens with zero attached hydrogens (tertiary/aromatic N) is 4. The third kappa shape index (κ3) is 2.88. The molecule has 2 fully saturated rings. The Labute approximate surface area is 121 Å². The summed E-state index contributed by atoms with van der Waals surface area (Å²) in [6.07, 6.45) is 10.1.